The summed E-state index contributed by atoms with van der Waals surface area (Å²) in [5, 5.41) is 5.30. The number of alkyl halides is 2. The number of carbonyl (C=O) groups is 2. The zero-order chi connectivity index (χ0) is 17.7. The molecule has 0 radical (unpaired) electrons. The molecular weight excluding hydrogens is 324 g/mol. The van der Waals surface area contributed by atoms with E-state index in [1.54, 1.807) is 7.05 Å². The fourth-order valence-corrected chi connectivity index (χ4v) is 2.17. The number of nitrogens with one attached hydrogen (secondary N) is 3. The van der Waals surface area contributed by atoms with Gasteiger partial charge in [-0.15, -0.1) is 8.78 Å². The largest absolute Gasteiger partial charge is 0.586 e. The van der Waals surface area contributed by atoms with Crippen LogP contribution in [0.3, 0.4) is 0 Å². The smallest absolute Gasteiger partial charge is 0.395 e. The molecule has 2 rings (SSSR count). The van der Waals surface area contributed by atoms with Crippen LogP contribution in [0, 0.1) is 0 Å². The summed E-state index contributed by atoms with van der Waals surface area (Å²) in [7, 11) is 1.71. The standard InChI is InChI=1S/C15H19F2N3O4/c1-3-6-18-13(21)8-20(2)9-14(22)19-10-4-5-11-12(7-10)24-15(16,17)23-11/h4-5,7H,3,6,8-9H2,1-2H3,(H,18,21)(H,19,22)/p+1. The Morgan fingerprint density at radius 3 is 2.54 bits per heavy atom. The van der Waals surface area contributed by atoms with Gasteiger partial charge in [0.25, 0.3) is 11.8 Å². The number of halogens is 2. The number of fused-ring (bicyclic) bond motifs is 1. The number of likely N-dealkylation sites (N-methyl/N-ethyl adjacent to an activating group) is 1. The van der Waals surface area contributed by atoms with E-state index in [-0.39, 0.29) is 36.4 Å². The predicted octanol–water partition coefficient (Wildman–Crippen LogP) is -0.0125. The van der Waals surface area contributed by atoms with Crippen LogP contribution in [0.15, 0.2) is 18.2 Å². The summed E-state index contributed by atoms with van der Waals surface area (Å²) in [4.78, 5) is 24.2. The van der Waals surface area contributed by atoms with Crippen LogP contribution in [0.25, 0.3) is 0 Å². The van der Waals surface area contributed by atoms with Crippen LogP contribution in [-0.4, -0.2) is 44.8 Å². The number of quaternary nitrogens is 1. The Kier molecular flexibility index (Phi) is 5.55. The average molecular weight is 344 g/mol. The SMILES string of the molecule is CCCNC(=O)C[NH+](C)CC(=O)Nc1ccc2c(c1)OC(F)(F)O2. The molecule has 1 heterocycles. The lowest BCUT2D eigenvalue weighted by Crippen LogP contribution is -3.11. The second-order valence-electron chi connectivity index (χ2n) is 5.54. The maximum Gasteiger partial charge on any atom is 0.586 e. The second-order valence-corrected chi connectivity index (χ2v) is 5.54. The molecule has 2 amide bonds. The molecule has 7 nitrogen and oxygen atoms in total. The first kappa shape index (κ1) is 17.9. The molecule has 0 aliphatic carbocycles. The Morgan fingerprint density at radius 2 is 1.83 bits per heavy atom. The molecule has 1 unspecified atom stereocenters. The van der Waals surface area contributed by atoms with Crippen LogP contribution < -0.4 is 25.0 Å². The van der Waals surface area contributed by atoms with E-state index in [4.69, 9.17) is 0 Å². The highest BCUT2D eigenvalue weighted by Crippen LogP contribution is 2.42. The van der Waals surface area contributed by atoms with Crippen LogP contribution >= 0.6 is 0 Å². The van der Waals surface area contributed by atoms with E-state index in [0.29, 0.717) is 17.1 Å². The molecule has 1 atom stereocenters. The lowest BCUT2D eigenvalue weighted by Gasteiger charge is -2.13. The van der Waals surface area contributed by atoms with E-state index in [1.807, 2.05) is 6.92 Å². The number of hydrogen-bond donors (Lipinski definition) is 3. The minimum absolute atomic E-state index is 0.0597. The van der Waals surface area contributed by atoms with Crippen LogP contribution in [0.2, 0.25) is 0 Å². The number of anilines is 1. The van der Waals surface area contributed by atoms with Crippen molar-refractivity contribution in [2.75, 3.05) is 32.0 Å². The van der Waals surface area contributed by atoms with Crippen molar-refractivity contribution in [2.24, 2.45) is 0 Å². The van der Waals surface area contributed by atoms with E-state index in [2.05, 4.69) is 20.1 Å². The van der Waals surface area contributed by atoms with Crippen molar-refractivity contribution in [1.29, 1.82) is 0 Å². The number of carbonyl (C=O) groups excluding carboxylic acids is 2. The molecule has 3 N–H and O–H groups in total. The van der Waals surface area contributed by atoms with Crippen LogP contribution in [0.1, 0.15) is 13.3 Å². The second kappa shape index (κ2) is 7.43. The van der Waals surface area contributed by atoms with Gasteiger partial charge in [0, 0.05) is 18.3 Å². The van der Waals surface area contributed by atoms with Crippen LogP contribution in [-0.2, 0) is 9.59 Å². The number of benzene rings is 1. The zero-order valence-electron chi connectivity index (χ0n) is 13.4. The van der Waals surface area contributed by atoms with Crippen molar-refractivity contribution in [3.8, 4) is 11.5 Å². The number of rotatable bonds is 7. The third-order valence-electron chi connectivity index (χ3n) is 3.18. The Balaban J connectivity index is 1.84. The Morgan fingerprint density at radius 1 is 1.17 bits per heavy atom. The Hall–Kier alpha value is -2.42. The molecule has 1 aliphatic heterocycles. The van der Waals surface area contributed by atoms with Gasteiger partial charge >= 0.3 is 6.29 Å². The van der Waals surface area contributed by atoms with Gasteiger partial charge in [-0.1, -0.05) is 6.92 Å². The van der Waals surface area contributed by atoms with E-state index in [9.17, 15) is 18.4 Å². The van der Waals surface area contributed by atoms with E-state index >= 15 is 0 Å². The summed E-state index contributed by atoms with van der Waals surface area (Å²) in [6, 6.07) is 3.99. The van der Waals surface area contributed by atoms with Crippen molar-refractivity contribution in [1.82, 2.24) is 5.32 Å². The van der Waals surface area contributed by atoms with Gasteiger partial charge in [0.15, 0.2) is 24.6 Å². The molecule has 0 saturated heterocycles. The normalized spacial score (nSPS) is 15.7. The van der Waals surface area contributed by atoms with Gasteiger partial charge in [-0.3, -0.25) is 9.59 Å². The summed E-state index contributed by atoms with van der Waals surface area (Å²) in [5.74, 6) is -0.709. The molecule has 0 fully saturated rings. The van der Waals surface area contributed by atoms with Crippen molar-refractivity contribution in [3.63, 3.8) is 0 Å². The van der Waals surface area contributed by atoms with Crippen molar-refractivity contribution >= 4 is 17.5 Å². The first-order valence-corrected chi connectivity index (χ1v) is 7.57. The number of ether oxygens (including phenoxy) is 2. The lowest BCUT2D eigenvalue weighted by molar-refractivity contribution is -0.862. The third-order valence-corrected chi connectivity index (χ3v) is 3.18. The summed E-state index contributed by atoms with van der Waals surface area (Å²) in [6.45, 7) is 2.77. The molecule has 0 aromatic heterocycles. The Labute approximate surface area is 137 Å². The molecular formula is C15H20F2N3O4+. The fraction of sp³-hybridized carbons (Fsp3) is 0.467. The first-order chi connectivity index (χ1) is 11.3. The molecule has 1 aromatic rings. The van der Waals surface area contributed by atoms with E-state index in [0.717, 1.165) is 6.42 Å². The molecule has 1 aromatic carbocycles. The van der Waals surface area contributed by atoms with Gasteiger partial charge < -0.3 is 25.0 Å². The van der Waals surface area contributed by atoms with Crippen molar-refractivity contribution in [3.05, 3.63) is 18.2 Å². The van der Waals surface area contributed by atoms with Crippen LogP contribution in [0.4, 0.5) is 14.5 Å². The van der Waals surface area contributed by atoms with Gasteiger partial charge in [-0.2, -0.15) is 0 Å². The molecule has 132 valence electrons. The van der Waals surface area contributed by atoms with Gasteiger partial charge in [0.1, 0.15) is 0 Å². The third kappa shape index (κ3) is 5.05. The molecule has 9 heteroatoms. The number of hydrogen-bond acceptors (Lipinski definition) is 4. The van der Waals surface area contributed by atoms with E-state index in [1.165, 1.54) is 18.2 Å². The Bertz CT molecular complexity index is 625. The lowest BCUT2D eigenvalue weighted by atomic mass is 10.2. The number of amides is 2. The van der Waals surface area contributed by atoms with Crippen molar-refractivity contribution in [2.45, 2.75) is 19.6 Å². The highest BCUT2D eigenvalue weighted by Gasteiger charge is 2.43. The highest BCUT2D eigenvalue weighted by atomic mass is 19.3. The van der Waals surface area contributed by atoms with Gasteiger partial charge in [0.05, 0.1) is 7.05 Å². The summed E-state index contributed by atoms with van der Waals surface area (Å²) >= 11 is 0. The summed E-state index contributed by atoms with van der Waals surface area (Å²) < 4.78 is 34.5. The molecule has 0 spiro atoms. The quantitative estimate of drug-likeness (QED) is 0.650. The van der Waals surface area contributed by atoms with Crippen molar-refractivity contribution < 1.29 is 32.7 Å². The molecule has 0 bridgehead atoms. The minimum Gasteiger partial charge on any atom is -0.395 e. The maximum atomic E-state index is 12.9. The summed E-state index contributed by atoms with van der Waals surface area (Å²) in [6.07, 6.45) is -2.85. The minimum atomic E-state index is -3.69. The van der Waals surface area contributed by atoms with E-state index < -0.39 is 6.29 Å². The molecule has 24 heavy (non-hydrogen) atoms. The monoisotopic (exact) mass is 344 g/mol. The molecule has 0 saturated carbocycles. The van der Waals surface area contributed by atoms with Crippen LogP contribution in [0.5, 0.6) is 11.5 Å². The van der Waals surface area contributed by atoms with Gasteiger partial charge in [0.2, 0.25) is 0 Å². The molecule has 1 aliphatic rings. The summed E-state index contributed by atoms with van der Waals surface area (Å²) in [5.41, 5.74) is 0.309. The predicted molar refractivity (Wildman–Crippen MR) is 81.2 cm³/mol. The first-order valence-electron chi connectivity index (χ1n) is 7.57. The fourth-order valence-electron chi connectivity index (χ4n) is 2.17. The zero-order valence-corrected chi connectivity index (χ0v) is 13.4. The van der Waals surface area contributed by atoms with Gasteiger partial charge in [-0.25, -0.2) is 0 Å². The maximum absolute atomic E-state index is 12.9. The highest BCUT2D eigenvalue weighted by molar-refractivity contribution is 5.92. The topological polar surface area (TPSA) is 81.1 Å². The average Bonchev–Trinajstić information content (AvgIpc) is 2.77. The van der Waals surface area contributed by atoms with Gasteiger partial charge in [-0.05, 0) is 18.6 Å².